The van der Waals surface area contributed by atoms with Gasteiger partial charge in [0.05, 0.1) is 5.56 Å². The van der Waals surface area contributed by atoms with Crippen LogP contribution in [0, 0.1) is 13.8 Å². The lowest BCUT2D eigenvalue weighted by Gasteiger charge is -2.48. The zero-order valence-corrected chi connectivity index (χ0v) is 22.5. The Kier molecular flexibility index (Phi) is 8.35. The maximum absolute atomic E-state index is 13.1. The van der Waals surface area contributed by atoms with Crippen LogP contribution in [-0.2, 0) is 11.0 Å². The van der Waals surface area contributed by atoms with E-state index in [4.69, 9.17) is 4.74 Å². The van der Waals surface area contributed by atoms with Gasteiger partial charge >= 0.3 is 6.18 Å². The zero-order valence-electron chi connectivity index (χ0n) is 22.5. The van der Waals surface area contributed by atoms with Crippen LogP contribution in [0.5, 0.6) is 5.75 Å². The van der Waals surface area contributed by atoms with Crippen molar-refractivity contribution in [1.82, 2.24) is 14.7 Å². The summed E-state index contributed by atoms with van der Waals surface area (Å²) in [6, 6.07) is 8.93. The SMILES string of the molecule is CCN(C)C(=O)COc1ccc(C2CCCC3CN(C(=O)c4ccc(C(F)(F)F)cc4)CCN32)c(C)c1C. The average molecular weight is 532 g/mol. The molecule has 2 amide bonds. The van der Waals surface area contributed by atoms with Crippen LogP contribution in [0.3, 0.4) is 0 Å². The molecule has 0 saturated carbocycles. The number of halogens is 3. The number of likely N-dealkylation sites (N-methyl/N-ethyl adjacent to an activating group) is 1. The van der Waals surface area contributed by atoms with Crippen LogP contribution in [0.4, 0.5) is 13.2 Å². The van der Waals surface area contributed by atoms with E-state index in [0.717, 1.165) is 42.5 Å². The molecule has 0 bridgehead atoms. The largest absolute Gasteiger partial charge is 0.483 e. The molecule has 2 atom stereocenters. The minimum absolute atomic E-state index is 0.00435. The third-order valence-corrected chi connectivity index (χ3v) is 8.08. The fraction of sp³-hybridized carbons (Fsp3) is 0.517. The quantitative estimate of drug-likeness (QED) is 0.512. The van der Waals surface area contributed by atoms with Crippen molar-refractivity contribution in [3.63, 3.8) is 0 Å². The number of carbonyl (C=O) groups is 2. The van der Waals surface area contributed by atoms with E-state index >= 15 is 0 Å². The van der Waals surface area contributed by atoms with Gasteiger partial charge in [0.15, 0.2) is 6.61 Å². The molecular formula is C29H36F3N3O3. The Hall–Kier alpha value is -3.07. The lowest BCUT2D eigenvalue weighted by molar-refractivity contribution is -0.137. The van der Waals surface area contributed by atoms with E-state index in [0.29, 0.717) is 31.9 Å². The molecule has 2 aromatic carbocycles. The highest BCUT2D eigenvalue weighted by molar-refractivity contribution is 5.94. The summed E-state index contributed by atoms with van der Waals surface area (Å²) in [7, 11) is 1.75. The molecule has 206 valence electrons. The summed E-state index contributed by atoms with van der Waals surface area (Å²) in [5.41, 5.74) is 2.93. The first-order chi connectivity index (χ1) is 18.0. The van der Waals surface area contributed by atoms with Gasteiger partial charge in [-0.2, -0.15) is 13.2 Å². The lowest BCUT2D eigenvalue weighted by Crippen LogP contribution is -2.57. The minimum atomic E-state index is -4.42. The Bertz CT molecular complexity index is 1170. The molecule has 38 heavy (non-hydrogen) atoms. The number of benzene rings is 2. The van der Waals surface area contributed by atoms with Crippen molar-refractivity contribution in [1.29, 1.82) is 0 Å². The molecule has 0 N–H and O–H groups in total. The smallest absolute Gasteiger partial charge is 0.416 e. The number of piperidine rings is 1. The summed E-state index contributed by atoms with van der Waals surface area (Å²) in [5.74, 6) is 0.424. The van der Waals surface area contributed by atoms with Gasteiger partial charge in [-0.05, 0) is 87.1 Å². The maximum atomic E-state index is 13.1. The monoisotopic (exact) mass is 531 g/mol. The molecule has 6 nitrogen and oxygen atoms in total. The molecule has 2 fully saturated rings. The van der Waals surface area contributed by atoms with Crippen LogP contribution in [-0.4, -0.2) is 72.4 Å². The summed E-state index contributed by atoms with van der Waals surface area (Å²) in [5, 5.41) is 0. The predicted molar refractivity (Wildman–Crippen MR) is 139 cm³/mol. The van der Waals surface area contributed by atoms with E-state index in [1.54, 1.807) is 16.8 Å². The topological polar surface area (TPSA) is 53.1 Å². The highest BCUT2D eigenvalue weighted by atomic mass is 19.4. The highest BCUT2D eigenvalue weighted by Crippen LogP contribution is 2.39. The fourth-order valence-corrected chi connectivity index (χ4v) is 5.51. The van der Waals surface area contributed by atoms with E-state index in [1.165, 1.54) is 17.7 Å². The number of piperazine rings is 1. The third-order valence-electron chi connectivity index (χ3n) is 8.08. The predicted octanol–water partition coefficient (Wildman–Crippen LogP) is 5.23. The minimum Gasteiger partial charge on any atom is -0.483 e. The second-order valence-electron chi connectivity index (χ2n) is 10.3. The van der Waals surface area contributed by atoms with Gasteiger partial charge < -0.3 is 14.5 Å². The number of hydrogen-bond acceptors (Lipinski definition) is 4. The van der Waals surface area contributed by atoms with Gasteiger partial charge in [-0.3, -0.25) is 14.5 Å². The second kappa shape index (κ2) is 11.4. The number of amides is 2. The summed E-state index contributed by atoms with van der Waals surface area (Å²) in [4.78, 5) is 31.1. The van der Waals surface area contributed by atoms with E-state index < -0.39 is 11.7 Å². The summed E-state index contributed by atoms with van der Waals surface area (Å²) in [6.45, 7) is 8.45. The Labute approximate surface area is 222 Å². The van der Waals surface area contributed by atoms with Gasteiger partial charge in [0, 0.05) is 50.9 Å². The van der Waals surface area contributed by atoms with Crippen LogP contribution in [0.1, 0.15) is 64.8 Å². The van der Waals surface area contributed by atoms with Crippen molar-refractivity contribution in [3.8, 4) is 5.75 Å². The molecule has 0 radical (unpaired) electrons. The Morgan fingerprint density at radius 2 is 1.74 bits per heavy atom. The first-order valence-electron chi connectivity index (χ1n) is 13.2. The fourth-order valence-electron chi connectivity index (χ4n) is 5.51. The van der Waals surface area contributed by atoms with Crippen molar-refractivity contribution in [3.05, 3.63) is 64.2 Å². The average Bonchev–Trinajstić information content (AvgIpc) is 2.91. The Morgan fingerprint density at radius 3 is 2.39 bits per heavy atom. The van der Waals surface area contributed by atoms with Crippen LogP contribution in [0.2, 0.25) is 0 Å². The van der Waals surface area contributed by atoms with Crippen LogP contribution < -0.4 is 4.74 Å². The van der Waals surface area contributed by atoms with Gasteiger partial charge in [-0.25, -0.2) is 0 Å². The molecule has 2 aromatic rings. The molecule has 2 aliphatic heterocycles. The Morgan fingerprint density at radius 1 is 1.03 bits per heavy atom. The number of nitrogens with zero attached hydrogens (tertiary/aromatic N) is 3. The van der Waals surface area contributed by atoms with Crippen molar-refractivity contribution >= 4 is 11.8 Å². The van der Waals surface area contributed by atoms with Gasteiger partial charge in [-0.1, -0.05) is 6.07 Å². The molecule has 9 heteroatoms. The lowest BCUT2D eigenvalue weighted by atomic mass is 9.86. The number of ether oxygens (including phenoxy) is 1. The maximum Gasteiger partial charge on any atom is 0.416 e. The molecule has 2 aliphatic rings. The Balaban J connectivity index is 1.44. The van der Waals surface area contributed by atoms with Crippen molar-refractivity contribution < 1.29 is 27.5 Å². The zero-order chi connectivity index (χ0) is 27.6. The molecule has 0 spiro atoms. The molecule has 4 rings (SSSR count). The van der Waals surface area contributed by atoms with Crippen molar-refractivity contribution in [2.45, 2.75) is 58.3 Å². The number of carbonyl (C=O) groups excluding carboxylic acids is 2. The number of hydrogen-bond donors (Lipinski definition) is 0. The molecular weight excluding hydrogens is 495 g/mol. The van der Waals surface area contributed by atoms with E-state index in [2.05, 4.69) is 17.9 Å². The van der Waals surface area contributed by atoms with Gasteiger partial charge in [-0.15, -0.1) is 0 Å². The van der Waals surface area contributed by atoms with E-state index in [1.807, 2.05) is 19.9 Å². The van der Waals surface area contributed by atoms with Gasteiger partial charge in [0.2, 0.25) is 0 Å². The van der Waals surface area contributed by atoms with Gasteiger partial charge in [0.25, 0.3) is 11.8 Å². The van der Waals surface area contributed by atoms with E-state index in [-0.39, 0.29) is 36.1 Å². The summed E-state index contributed by atoms with van der Waals surface area (Å²) >= 11 is 0. The standard InChI is InChI=1S/C29H36F3N3O3/c1-5-33(4)27(36)18-38-26-14-13-24(19(2)20(26)3)25-8-6-7-23-17-34(15-16-35(23)25)28(37)21-9-11-22(12-10-21)29(30,31)32/h9-14,23,25H,5-8,15-18H2,1-4H3. The summed E-state index contributed by atoms with van der Waals surface area (Å²) < 4.78 is 44.6. The summed E-state index contributed by atoms with van der Waals surface area (Å²) in [6.07, 6.45) is -1.40. The van der Waals surface area contributed by atoms with Crippen LogP contribution in [0.25, 0.3) is 0 Å². The van der Waals surface area contributed by atoms with Crippen LogP contribution >= 0.6 is 0 Å². The second-order valence-corrected chi connectivity index (χ2v) is 10.3. The molecule has 0 aliphatic carbocycles. The molecule has 2 saturated heterocycles. The van der Waals surface area contributed by atoms with Crippen LogP contribution in [0.15, 0.2) is 36.4 Å². The first kappa shape index (κ1) is 28.0. The molecule has 2 unspecified atom stereocenters. The van der Waals surface area contributed by atoms with E-state index in [9.17, 15) is 22.8 Å². The highest BCUT2D eigenvalue weighted by Gasteiger charge is 2.38. The molecule has 0 aromatic heterocycles. The number of alkyl halides is 3. The number of fused-ring (bicyclic) bond motifs is 1. The normalized spacial score (nSPS) is 20.1. The molecule has 2 heterocycles. The van der Waals surface area contributed by atoms with Crippen molar-refractivity contribution in [2.75, 3.05) is 39.8 Å². The number of rotatable bonds is 6. The van der Waals surface area contributed by atoms with Crippen molar-refractivity contribution in [2.24, 2.45) is 0 Å². The third kappa shape index (κ3) is 5.82. The first-order valence-corrected chi connectivity index (χ1v) is 13.2. The van der Waals surface area contributed by atoms with Gasteiger partial charge in [0.1, 0.15) is 5.75 Å².